The van der Waals surface area contributed by atoms with E-state index in [4.69, 9.17) is 9.97 Å². The van der Waals surface area contributed by atoms with Crippen molar-refractivity contribution in [2.75, 3.05) is 11.6 Å². The third-order valence-corrected chi connectivity index (χ3v) is 6.82. The Morgan fingerprint density at radius 3 is 2.83 bits per heavy atom. The zero-order valence-corrected chi connectivity index (χ0v) is 17.4. The van der Waals surface area contributed by atoms with Gasteiger partial charge < -0.3 is 5.32 Å². The van der Waals surface area contributed by atoms with Crippen molar-refractivity contribution in [3.8, 4) is 0 Å². The van der Waals surface area contributed by atoms with E-state index in [9.17, 15) is 0 Å². The predicted octanol–water partition coefficient (Wildman–Crippen LogP) is 5.95. The van der Waals surface area contributed by atoms with E-state index in [0.717, 1.165) is 27.9 Å². The van der Waals surface area contributed by atoms with Crippen molar-refractivity contribution in [2.24, 2.45) is 0 Å². The molecule has 1 aliphatic carbocycles. The zero-order chi connectivity index (χ0) is 16.7. The highest BCUT2D eigenvalue weighted by Gasteiger charge is 2.21. The number of halogens is 1. The van der Waals surface area contributed by atoms with Crippen LogP contribution >= 0.6 is 45.7 Å². The third kappa shape index (κ3) is 3.04. The summed E-state index contributed by atoms with van der Waals surface area (Å²) in [6.45, 7) is 2.14. The van der Waals surface area contributed by atoms with Crippen LogP contribution in [0.2, 0.25) is 0 Å². The second kappa shape index (κ2) is 6.80. The highest BCUT2D eigenvalue weighted by Crippen LogP contribution is 2.40. The van der Waals surface area contributed by atoms with E-state index in [1.54, 1.807) is 11.8 Å². The first-order chi connectivity index (χ1) is 11.7. The Kier molecular flexibility index (Phi) is 4.70. The van der Waals surface area contributed by atoms with Crippen LogP contribution in [0.4, 0.5) is 11.5 Å². The molecule has 0 fully saturated rings. The largest absolute Gasteiger partial charge is 0.339 e. The summed E-state index contributed by atoms with van der Waals surface area (Å²) in [6, 6.07) is 6.47. The monoisotopic (exact) mass is 467 g/mol. The Morgan fingerprint density at radius 2 is 2.04 bits per heavy atom. The lowest BCUT2D eigenvalue weighted by atomic mass is 9.97. The van der Waals surface area contributed by atoms with Crippen LogP contribution in [0.3, 0.4) is 0 Å². The van der Waals surface area contributed by atoms with E-state index in [1.807, 2.05) is 17.6 Å². The van der Waals surface area contributed by atoms with Crippen LogP contribution < -0.4 is 5.32 Å². The van der Waals surface area contributed by atoms with Gasteiger partial charge in [0.25, 0.3) is 0 Å². The second-order valence-electron chi connectivity index (χ2n) is 6.03. The maximum atomic E-state index is 4.80. The molecule has 3 nitrogen and oxygen atoms in total. The first-order valence-electron chi connectivity index (χ1n) is 8.05. The number of aryl methyl sites for hydroxylation is 3. The lowest BCUT2D eigenvalue weighted by Gasteiger charge is -2.14. The van der Waals surface area contributed by atoms with Gasteiger partial charge in [-0.25, -0.2) is 9.97 Å². The minimum absolute atomic E-state index is 0.840. The number of hydrogen-bond donors (Lipinski definition) is 1. The summed E-state index contributed by atoms with van der Waals surface area (Å²) in [7, 11) is 0. The lowest BCUT2D eigenvalue weighted by molar-refractivity contribution is 0.700. The summed E-state index contributed by atoms with van der Waals surface area (Å²) in [5.74, 6) is 0.966. The quantitative estimate of drug-likeness (QED) is 0.294. The number of anilines is 2. The maximum Gasteiger partial charge on any atom is 0.190 e. The van der Waals surface area contributed by atoms with Gasteiger partial charge in [-0.05, 0) is 90.8 Å². The van der Waals surface area contributed by atoms with E-state index in [-0.39, 0.29) is 0 Å². The molecule has 0 amide bonds. The molecule has 0 atom stereocenters. The van der Waals surface area contributed by atoms with Crippen LogP contribution in [0, 0.1) is 10.5 Å². The summed E-state index contributed by atoms with van der Waals surface area (Å²) in [6.07, 6.45) is 6.94. The van der Waals surface area contributed by atoms with E-state index >= 15 is 0 Å². The van der Waals surface area contributed by atoms with Gasteiger partial charge in [-0.3, -0.25) is 0 Å². The van der Waals surface area contributed by atoms with Crippen molar-refractivity contribution < 1.29 is 0 Å². The molecule has 0 bridgehead atoms. The molecule has 6 heteroatoms. The fourth-order valence-electron chi connectivity index (χ4n) is 3.21. The fourth-order valence-corrected chi connectivity index (χ4v) is 5.55. The molecule has 3 aromatic rings. The summed E-state index contributed by atoms with van der Waals surface area (Å²) in [5.41, 5.74) is 3.83. The van der Waals surface area contributed by atoms with Crippen LogP contribution in [0.1, 0.15) is 28.8 Å². The van der Waals surface area contributed by atoms with Crippen LogP contribution in [0.15, 0.2) is 23.4 Å². The van der Waals surface area contributed by atoms with Crippen molar-refractivity contribution in [2.45, 2.75) is 37.8 Å². The summed E-state index contributed by atoms with van der Waals surface area (Å²) in [5, 5.41) is 5.67. The van der Waals surface area contributed by atoms with Gasteiger partial charge in [0.1, 0.15) is 10.6 Å². The smallest absolute Gasteiger partial charge is 0.190 e. The van der Waals surface area contributed by atoms with Crippen LogP contribution in [-0.2, 0) is 12.8 Å². The average molecular weight is 467 g/mol. The lowest BCUT2D eigenvalue weighted by Crippen LogP contribution is -2.02. The average Bonchev–Trinajstić information content (AvgIpc) is 2.95. The van der Waals surface area contributed by atoms with Crippen molar-refractivity contribution in [3.63, 3.8) is 0 Å². The van der Waals surface area contributed by atoms with Gasteiger partial charge >= 0.3 is 0 Å². The number of thioether (sulfide) groups is 1. The minimum Gasteiger partial charge on any atom is -0.339 e. The van der Waals surface area contributed by atoms with Gasteiger partial charge in [0.15, 0.2) is 5.16 Å². The third-order valence-electron chi connectivity index (χ3n) is 4.42. The highest BCUT2D eigenvalue weighted by atomic mass is 127. The fraction of sp³-hybridized carbons (Fsp3) is 0.333. The molecule has 0 saturated carbocycles. The molecule has 1 aliphatic rings. The summed E-state index contributed by atoms with van der Waals surface area (Å²) in [4.78, 5) is 12.2. The SMILES string of the molecule is CSc1nc(Nc2ccc(I)cc2C)c2c3c(sc2n1)CCCC3. The number of nitrogens with one attached hydrogen (secondary N) is 1. The second-order valence-corrected chi connectivity index (χ2v) is 9.14. The van der Waals surface area contributed by atoms with E-state index in [2.05, 4.69) is 53.0 Å². The Balaban J connectivity index is 1.87. The number of fused-ring (bicyclic) bond motifs is 3. The van der Waals surface area contributed by atoms with Gasteiger partial charge in [0, 0.05) is 14.1 Å². The highest BCUT2D eigenvalue weighted by molar-refractivity contribution is 14.1. The number of thiophene rings is 1. The topological polar surface area (TPSA) is 37.8 Å². The van der Waals surface area contributed by atoms with Crippen LogP contribution in [0.25, 0.3) is 10.2 Å². The molecule has 0 saturated heterocycles. The molecular formula is C18H18IN3S2. The van der Waals surface area contributed by atoms with Crippen molar-refractivity contribution in [3.05, 3.63) is 37.8 Å². The standard InChI is InChI=1S/C18H18IN3S2/c1-10-9-11(19)7-8-13(10)20-16-15-12-5-3-4-6-14(12)24-17(15)22-18(21-16)23-2/h7-9H,3-6H2,1-2H3,(H,20,21,22). The Labute approximate surface area is 163 Å². The van der Waals surface area contributed by atoms with Crippen molar-refractivity contribution >= 4 is 67.4 Å². The van der Waals surface area contributed by atoms with Gasteiger partial charge in [-0.2, -0.15) is 0 Å². The predicted molar refractivity (Wildman–Crippen MR) is 113 cm³/mol. The minimum atomic E-state index is 0.840. The molecule has 2 heterocycles. The molecule has 0 spiro atoms. The summed E-state index contributed by atoms with van der Waals surface area (Å²) >= 11 is 5.81. The number of hydrogen-bond acceptors (Lipinski definition) is 5. The van der Waals surface area contributed by atoms with Gasteiger partial charge in [-0.1, -0.05) is 11.8 Å². The number of aromatic nitrogens is 2. The van der Waals surface area contributed by atoms with Crippen LogP contribution in [0.5, 0.6) is 0 Å². The molecule has 1 N–H and O–H groups in total. The molecule has 4 rings (SSSR count). The number of rotatable bonds is 3. The molecule has 124 valence electrons. The van der Waals surface area contributed by atoms with E-state index in [0.29, 0.717) is 0 Å². The molecule has 0 aliphatic heterocycles. The molecule has 2 aromatic heterocycles. The Hall–Kier alpha value is -0.860. The molecule has 0 radical (unpaired) electrons. The van der Waals surface area contributed by atoms with Crippen LogP contribution in [-0.4, -0.2) is 16.2 Å². The van der Waals surface area contributed by atoms with Crippen molar-refractivity contribution in [1.82, 2.24) is 9.97 Å². The maximum absolute atomic E-state index is 4.80. The number of benzene rings is 1. The van der Waals surface area contributed by atoms with Gasteiger partial charge in [-0.15, -0.1) is 11.3 Å². The van der Waals surface area contributed by atoms with E-state index in [1.165, 1.54) is 44.2 Å². The first kappa shape index (κ1) is 16.6. The molecular weight excluding hydrogens is 449 g/mol. The van der Waals surface area contributed by atoms with Crippen molar-refractivity contribution in [1.29, 1.82) is 0 Å². The Morgan fingerprint density at radius 1 is 1.21 bits per heavy atom. The van der Waals surface area contributed by atoms with Gasteiger partial charge in [0.2, 0.25) is 0 Å². The van der Waals surface area contributed by atoms with E-state index < -0.39 is 0 Å². The molecule has 1 aromatic carbocycles. The normalized spacial score (nSPS) is 14.0. The first-order valence-corrected chi connectivity index (χ1v) is 11.2. The summed E-state index contributed by atoms with van der Waals surface area (Å²) < 4.78 is 1.25. The zero-order valence-electron chi connectivity index (χ0n) is 13.6. The molecule has 0 unspecified atom stereocenters. The Bertz CT molecular complexity index is 920. The molecule has 24 heavy (non-hydrogen) atoms. The number of nitrogens with zero attached hydrogens (tertiary/aromatic N) is 2. The van der Waals surface area contributed by atoms with Gasteiger partial charge in [0.05, 0.1) is 5.39 Å².